The van der Waals surface area contributed by atoms with Crippen LogP contribution in [0.25, 0.3) is 11.1 Å². The summed E-state index contributed by atoms with van der Waals surface area (Å²) >= 11 is 0. The zero-order valence-corrected chi connectivity index (χ0v) is 19.0. The lowest BCUT2D eigenvalue weighted by molar-refractivity contribution is 0.432. The molecule has 7 rings (SSSR count). The molecule has 2 bridgehead atoms. The molecule has 8 nitrogen and oxygen atoms in total. The Kier molecular flexibility index (Phi) is 4.33. The van der Waals surface area contributed by atoms with E-state index < -0.39 is 0 Å². The minimum absolute atomic E-state index is 0.110. The van der Waals surface area contributed by atoms with Crippen LogP contribution in [0.3, 0.4) is 0 Å². The Hall–Kier alpha value is -3.33. The lowest BCUT2D eigenvalue weighted by Gasteiger charge is -2.33. The molecule has 3 heterocycles. The summed E-state index contributed by atoms with van der Waals surface area (Å²) in [6, 6.07) is 3.71. The van der Waals surface area contributed by atoms with E-state index in [4.69, 9.17) is 20.4 Å². The number of hydrogen-bond acceptors (Lipinski definition) is 8. The van der Waals surface area contributed by atoms with Gasteiger partial charge in [-0.15, -0.1) is 0 Å². The van der Waals surface area contributed by atoms with Gasteiger partial charge in [-0.3, -0.25) is 0 Å². The Balaban J connectivity index is 1.32. The quantitative estimate of drug-likeness (QED) is 0.467. The predicted molar refractivity (Wildman–Crippen MR) is 126 cm³/mol. The summed E-state index contributed by atoms with van der Waals surface area (Å²) in [5, 5.41) is 3.13. The van der Waals surface area contributed by atoms with Crippen LogP contribution in [0.4, 0.5) is 15.9 Å². The molecule has 34 heavy (non-hydrogen) atoms. The number of halogens is 1. The van der Waals surface area contributed by atoms with Gasteiger partial charge in [-0.1, -0.05) is 0 Å². The SMILES string of the molecule is CNc1cc(F)cc2c1Cc1nc(Oc3cnc(C4CC4)nc3)nc(N3C[C@H]4C[C@@H]3[C@@H](N)C4)c1-2. The van der Waals surface area contributed by atoms with Crippen molar-refractivity contribution in [3.8, 4) is 22.9 Å². The van der Waals surface area contributed by atoms with E-state index in [2.05, 4.69) is 20.2 Å². The summed E-state index contributed by atoms with van der Waals surface area (Å²) in [6.45, 7) is 0.893. The number of benzene rings is 1. The highest BCUT2D eigenvalue weighted by Gasteiger charge is 2.45. The van der Waals surface area contributed by atoms with Crippen LogP contribution in [0, 0.1) is 11.7 Å². The lowest BCUT2D eigenvalue weighted by Crippen LogP contribution is -2.46. The fraction of sp³-hybridized carbons (Fsp3) is 0.440. The molecule has 1 saturated heterocycles. The van der Waals surface area contributed by atoms with Crippen LogP contribution in [0.5, 0.6) is 11.8 Å². The molecule has 3 atom stereocenters. The summed E-state index contributed by atoms with van der Waals surface area (Å²) in [4.78, 5) is 20.8. The van der Waals surface area contributed by atoms with Gasteiger partial charge in [-0.05, 0) is 54.9 Å². The Bertz CT molecular complexity index is 1290. The maximum atomic E-state index is 14.5. The lowest BCUT2D eigenvalue weighted by atomic mass is 10.0. The molecule has 1 aliphatic heterocycles. The number of ether oxygens (including phenoxy) is 1. The molecular weight excluding hydrogens is 433 g/mol. The van der Waals surface area contributed by atoms with Crippen LogP contribution in [-0.4, -0.2) is 45.6 Å². The number of rotatable bonds is 5. The van der Waals surface area contributed by atoms with Gasteiger partial charge in [0.25, 0.3) is 0 Å². The molecule has 3 aromatic rings. The standard InChI is InChI=1S/C25H26FN7O/c1-28-19-7-14(26)6-17-16(19)8-20-22(17)24(33-11-12-4-18(27)21(33)5-12)32-25(31-20)34-15-9-29-23(30-10-15)13-2-3-13/h6-7,9-10,12-13,18,21,28H,2-5,8,11,27H2,1H3/t12-,18+,21-/m1/s1. The van der Waals surface area contributed by atoms with Crippen molar-refractivity contribution in [2.24, 2.45) is 11.7 Å². The fourth-order valence-corrected chi connectivity index (χ4v) is 5.93. The van der Waals surface area contributed by atoms with Gasteiger partial charge in [0, 0.05) is 49.3 Å². The number of piperidine rings is 1. The zero-order chi connectivity index (χ0) is 23.0. The monoisotopic (exact) mass is 459 g/mol. The van der Waals surface area contributed by atoms with Crippen molar-refractivity contribution in [2.45, 2.75) is 50.1 Å². The molecule has 0 spiro atoms. The van der Waals surface area contributed by atoms with Crippen molar-refractivity contribution >= 4 is 11.5 Å². The third-order valence-corrected chi connectivity index (χ3v) is 7.64. The van der Waals surface area contributed by atoms with Gasteiger partial charge in [0.2, 0.25) is 0 Å². The van der Waals surface area contributed by atoms with Gasteiger partial charge in [0.05, 0.1) is 18.1 Å². The first-order chi connectivity index (χ1) is 16.6. The van der Waals surface area contributed by atoms with Gasteiger partial charge in [-0.2, -0.15) is 9.97 Å². The molecule has 0 amide bonds. The van der Waals surface area contributed by atoms with Crippen LogP contribution in [-0.2, 0) is 6.42 Å². The maximum absolute atomic E-state index is 14.5. The third-order valence-electron chi connectivity index (χ3n) is 7.64. The summed E-state index contributed by atoms with van der Waals surface area (Å²) in [5.41, 5.74) is 10.8. The number of aromatic nitrogens is 4. The number of nitrogens with zero attached hydrogens (tertiary/aromatic N) is 5. The van der Waals surface area contributed by atoms with Crippen molar-refractivity contribution in [3.05, 3.63) is 47.4 Å². The first-order valence-electron chi connectivity index (χ1n) is 12.0. The average Bonchev–Trinajstić information content (AvgIpc) is 3.36. The Morgan fingerprint density at radius 3 is 2.68 bits per heavy atom. The molecule has 1 aromatic carbocycles. The molecule has 3 fully saturated rings. The van der Waals surface area contributed by atoms with Crippen LogP contribution in [0.1, 0.15) is 48.7 Å². The molecule has 2 saturated carbocycles. The Morgan fingerprint density at radius 1 is 1.15 bits per heavy atom. The number of anilines is 2. The minimum atomic E-state index is -0.283. The van der Waals surface area contributed by atoms with E-state index in [1.165, 1.54) is 6.07 Å². The van der Waals surface area contributed by atoms with Crippen LogP contribution >= 0.6 is 0 Å². The zero-order valence-electron chi connectivity index (χ0n) is 19.0. The van der Waals surface area contributed by atoms with Gasteiger partial charge in [0.1, 0.15) is 17.5 Å². The molecule has 174 valence electrons. The highest BCUT2D eigenvalue weighted by molar-refractivity contribution is 5.88. The fourth-order valence-electron chi connectivity index (χ4n) is 5.93. The third kappa shape index (κ3) is 3.14. The van der Waals surface area contributed by atoms with Crippen LogP contribution in [0.15, 0.2) is 24.5 Å². The first-order valence-corrected chi connectivity index (χ1v) is 12.0. The second kappa shape index (κ2) is 7.33. The minimum Gasteiger partial charge on any atom is -0.421 e. The van der Waals surface area contributed by atoms with E-state index >= 15 is 0 Å². The molecule has 2 aromatic heterocycles. The Morgan fingerprint density at radius 2 is 1.97 bits per heavy atom. The van der Waals surface area contributed by atoms with E-state index in [0.717, 1.165) is 71.9 Å². The molecular formula is C25H26FN7O. The van der Waals surface area contributed by atoms with Crippen molar-refractivity contribution in [1.82, 2.24) is 19.9 Å². The summed E-state index contributed by atoms with van der Waals surface area (Å²) in [6.07, 6.45) is 8.35. The number of nitrogens with two attached hydrogens (primary N) is 1. The smallest absolute Gasteiger partial charge is 0.324 e. The van der Waals surface area contributed by atoms with Crippen LogP contribution in [0.2, 0.25) is 0 Å². The second-order valence-electron chi connectivity index (χ2n) is 9.93. The number of nitrogens with one attached hydrogen (secondary N) is 1. The van der Waals surface area contributed by atoms with E-state index in [1.807, 2.05) is 7.05 Å². The first kappa shape index (κ1) is 20.1. The predicted octanol–water partition coefficient (Wildman–Crippen LogP) is 3.61. The van der Waals surface area contributed by atoms with E-state index in [0.29, 0.717) is 24.0 Å². The summed E-state index contributed by atoms with van der Waals surface area (Å²) in [7, 11) is 1.81. The maximum Gasteiger partial charge on any atom is 0.324 e. The van der Waals surface area contributed by atoms with Crippen molar-refractivity contribution in [3.63, 3.8) is 0 Å². The number of fused-ring (bicyclic) bond motifs is 5. The van der Waals surface area contributed by atoms with Crippen molar-refractivity contribution in [1.29, 1.82) is 0 Å². The normalized spacial score (nSPS) is 24.3. The van der Waals surface area contributed by atoms with Crippen LogP contribution < -0.4 is 20.7 Å². The molecule has 4 aliphatic rings. The van der Waals surface area contributed by atoms with Crippen molar-refractivity contribution < 1.29 is 9.13 Å². The van der Waals surface area contributed by atoms with Crippen molar-refractivity contribution in [2.75, 3.05) is 23.8 Å². The second-order valence-corrected chi connectivity index (χ2v) is 9.93. The highest BCUT2D eigenvalue weighted by atomic mass is 19.1. The molecule has 3 N–H and O–H groups in total. The number of hydrogen-bond donors (Lipinski definition) is 2. The van der Waals surface area contributed by atoms with Gasteiger partial charge >= 0.3 is 6.01 Å². The topological polar surface area (TPSA) is 102 Å². The molecule has 9 heteroatoms. The van der Waals surface area contributed by atoms with E-state index in [-0.39, 0.29) is 23.9 Å². The molecule has 0 radical (unpaired) electrons. The molecule has 3 aliphatic carbocycles. The summed E-state index contributed by atoms with van der Waals surface area (Å²) < 4.78 is 20.6. The Labute approximate surface area is 196 Å². The average molecular weight is 460 g/mol. The molecule has 0 unspecified atom stereocenters. The van der Waals surface area contributed by atoms with Gasteiger partial charge in [-0.25, -0.2) is 14.4 Å². The van der Waals surface area contributed by atoms with E-state index in [1.54, 1.807) is 18.5 Å². The van der Waals surface area contributed by atoms with E-state index in [9.17, 15) is 4.39 Å². The largest absolute Gasteiger partial charge is 0.421 e. The highest BCUT2D eigenvalue weighted by Crippen LogP contribution is 2.49. The summed E-state index contributed by atoms with van der Waals surface area (Å²) in [5.74, 6) is 2.90. The van der Waals surface area contributed by atoms with Gasteiger partial charge < -0.3 is 20.7 Å². The van der Waals surface area contributed by atoms with Gasteiger partial charge in [0.15, 0.2) is 5.75 Å².